The minimum atomic E-state index is -4.28. The van der Waals surface area contributed by atoms with E-state index in [9.17, 15) is 24.1 Å². The number of esters is 1. The number of aliphatic hydroxyl groups is 1. The van der Waals surface area contributed by atoms with Crippen molar-refractivity contribution in [2.75, 3.05) is 6.61 Å². The molecule has 0 saturated carbocycles. The number of nitrogens with one attached hydrogen (secondary N) is 2. The number of H-pyrrole nitrogens is 1. The molecule has 3 N–H and O–H groups in total. The van der Waals surface area contributed by atoms with E-state index in [0.717, 1.165) is 4.57 Å². The van der Waals surface area contributed by atoms with E-state index in [2.05, 4.69) is 10.1 Å². The van der Waals surface area contributed by atoms with Crippen molar-refractivity contribution in [3.63, 3.8) is 0 Å². The van der Waals surface area contributed by atoms with Gasteiger partial charge >= 0.3 is 19.4 Å². The van der Waals surface area contributed by atoms with Gasteiger partial charge in [-0.25, -0.2) is 9.36 Å². The van der Waals surface area contributed by atoms with Crippen LogP contribution in [-0.2, 0) is 23.4 Å². The lowest BCUT2D eigenvalue weighted by atomic mass is 10.1. The van der Waals surface area contributed by atoms with Gasteiger partial charge in [0.25, 0.3) is 5.56 Å². The smallest absolute Gasteiger partial charge is 0.459 e. The number of hydrogen-bond acceptors (Lipinski definition) is 9. The van der Waals surface area contributed by atoms with Gasteiger partial charge in [-0.15, -0.1) is 0 Å². The molecule has 0 spiro atoms. The van der Waals surface area contributed by atoms with Crippen molar-refractivity contribution in [2.24, 2.45) is 0 Å². The van der Waals surface area contributed by atoms with E-state index >= 15 is 0 Å². The van der Waals surface area contributed by atoms with E-state index in [1.165, 1.54) is 32.2 Å². The summed E-state index contributed by atoms with van der Waals surface area (Å²) in [4.78, 5) is 38.5. The second-order valence-corrected chi connectivity index (χ2v) is 11.8. The van der Waals surface area contributed by atoms with Crippen LogP contribution in [-0.4, -0.2) is 55.9 Å². The van der Waals surface area contributed by atoms with Gasteiger partial charge < -0.3 is 19.1 Å². The van der Waals surface area contributed by atoms with E-state index in [4.69, 9.17) is 41.7 Å². The quantitative estimate of drug-likeness (QED) is 0.217. The third-order valence-electron chi connectivity index (χ3n) is 5.21. The monoisotopic (exact) mass is 579 g/mol. The first kappa shape index (κ1) is 29.4. The Morgan fingerprint density at radius 2 is 1.92 bits per heavy atom. The van der Waals surface area contributed by atoms with Crippen molar-refractivity contribution in [2.45, 2.75) is 62.6 Å². The molecule has 0 bridgehead atoms. The molecular formula is C22H28Cl2N3O9P. The van der Waals surface area contributed by atoms with E-state index in [-0.39, 0.29) is 11.3 Å². The summed E-state index contributed by atoms with van der Waals surface area (Å²) < 4.78 is 34.4. The molecule has 0 unspecified atom stereocenters. The zero-order valence-electron chi connectivity index (χ0n) is 20.4. The summed E-state index contributed by atoms with van der Waals surface area (Å²) in [6.45, 7) is 5.63. The third kappa shape index (κ3) is 7.02. The number of carbonyl (C=O) groups excluding carboxylic acids is 1. The van der Waals surface area contributed by atoms with Crippen molar-refractivity contribution in [3.8, 4) is 5.75 Å². The fourth-order valence-corrected chi connectivity index (χ4v) is 5.47. The molecule has 3 rings (SSSR count). The average Bonchev–Trinajstić information content (AvgIpc) is 3.03. The molecule has 0 radical (unpaired) electrons. The maximum absolute atomic E-state index is 13.6. The number of alkyl halides is 2. The van der Waals surface area contributed by atoms with Crippen molar-refractivity contribution < 1.29 is 33.0 Å². The SMILES string of the molecule is Cc1cn([C@@H]2O[C@H](CO[P@](=O)(N[C@@H](C)C(=O)OC(C)C)Oc3ccccc3)[C@@H](O)C2(Cl)Cl)c(=O)[nH]c1=O. The Labute approximate surface area is 222 Å². The standard InChI is InChI=1S/C22H28Cl2N3O9P/c1-12(2)34-19(30)14(4)26-37(32,36-15-8-6-5-7-9-15)33-11-16-17(28)22(23,24)20(35-16)27-10-13(3)18(29)25-21(27)31/h5-10,12,14,16-17,20,28H,11H2,1-4H3,(H,26,32)(H,25,29,31)/t14-,16+,17+,20+,37+/m0/s1. The highest BCUT2D eigenvalue weighted by molar-refractivity contribution is 7.52. The van der Waals surface area contributed by atoms with Gasteiger partial charge in [0.2, 0.25) is 0 Å². The van der Waals surface area contributed by atoms with Crippen LogP contribution < -0.4 is 20.9 Å². The Morgan fingerprint density at radius 3 is 2.54 bits per heavy atom. The lowest BCUT2D eigenvalue weighted by Crippen LogP contribution is -2.42. The van der Waals surface area contributed by atoms with Crippen LogP contribution in [0.5, 0.6) is 5.75 Å². The first-order chi connectivity index (χ1) is 17.2. The molecule has 1 aromatic carbocycles. The first-order valence-electron chi connectivity index (χ1n) is 11.2. The summed E-state index contributed by atoms with van der Waals surface area (Å²) in [5.74, 6) is -0.520. The molecule has 1 fully saturated rings. The maximum atomic E-state index is 13.6. The van der Waals surface area contributed by atoms with Crippen LogP contribution in [0.15, 0.2) is 46.1 Å². The van der Waals surface area contributed by atoms with E-state index in [1.54, 1.807) is 32.0 Å². The minimum absolute atomic E-state index is 0.174. The summed E-state index contributed by atoms with van der Waals surface area (Å²) in [5, 5.41) is 13.2. The minimum Gasteiger partial charge on any atom is -0.462 e. The van der Waals surface area contributed by atoms with Crippen molar-refractivity contribution in [1.82, 2.24) is 14.6 Å². The Morgan fingerprint density at radius 1 is 1.27 bits per heavy atom. The summed E-state index contributed by atoms with van der Waals surface area (Å²) in [5.41, 5.74) is -1.30. The van der Waals surface area contributed by atoms with Crippen molar-refractivity contribution in [1.29, 1.82) is 0 Å². The number of nitrogens with zero attached hydrogens (tertiary/aromatic N) is 1. The number of aliphatic hydroxyl groups excluding tert-OH is 1. The number of ether oxygens (including phenoxy) is 2. The highest BCUT2D eigenvalue weighted by Gasteiger charge is 2.56. The molecule has 15 heteroatoms. The molecule has 1 aromatic heterocycles. The predicted molar refractivity (Wildman–Crippen MR) is 135 cm³/mol. The van der Waals surface area contributed by atoms with Crippen LogP contribution in [0.3, 0.4) is 0 Å². The molecular weight excluding hydrogens is 552 g/mol. The van der Waals surface area contributed by atoms with Crippen LogP contribution in [0.4, 0.5) is 0 Å². The molecule has 2 heterocycles. The van der Waals surface area contributed by atoms with Crippen LogP contribution >= 0.6 is 30.9 Å². The Balaban J connectivity index is 1.82. The third-order valence-corrected chi connectivity index (χ3v) is 7.68. The lowest BCUT2D eigenvalue weighted by Gasteiger charge is -2.25. The molecule has 2 aromatic rings. The van der Waals surface area contributed by atoms with Crippen LogP contribution in [0, 0.1) is 6.92 Å². The molecule has 5 atom stereocenters. The fourth-order valence-electron chi connectivity index (χ4n) is 3.37. The van der Waals surface area contributed by atoms with Crippen LogP contribution in [0.1, 0.15) is 32.6 Å². The van der Waals surface area contributed by atoms with Gasteiger partial charge in [0.05, 0.1) is 12.7 Å². The Bertz CT molecular complexity index is 1270. The second kappa shape index (κ2) is 11.7. The zero-order chi connectivity index (χ0) is 27.5. The number of rotatable bonds is 10. The van der Waals surface area contributed by atoms with Gasteiger partial charge in [-0.1, -0.05) is 41.4 Å². The van der Waals surface area contributed by atoms with E-state index in [0.29, 0.717) is 0 Å². The number of halogens is 2. The fraction of sp³-hybridized carbons (Fsp3) is 0.500. The molecule has 0 amide bonds. The number of benzene rings is 1. The summed E-state index contributed by atoms with van der Waals surface area (Å²) >= 11 is 12.7. The summed E-state index contributed by atoms with van der Waals surface area (Å²) in [6, 6.07) is 6.96. The largest absolute Gasteiger partial charge is 0.462 e. The normalized spacial score (nSPS) is 23.4. The van der Waals surface area contributed by atoms with Crippen molar-refractivity contribution >= 4 is 36.9 Å². The van der Waals surface area contributed by atoms with Gasteiger partial charge in [0.1, 0.15) is 24.0 Å². The van der Waals surface area contributed by atoms with Crippen LogP contribution in [0.25, 0.3) is 0 Å². The lowest BCUT2D eigenvalue weighted by molar-refractivity contribution is -0.149. The molecule has 204 valence electrons. The predicted octanol–water partition coefficient (Wildman–Crippen LogP) is 2.41. The highest BCUT2D eigenvalue weighted by Crippen LogP contribution is 2.49. The Kier molecular flexibility index (Phi) is 9.28. The van der Waals surface area contributed by atoms with Crippen molar-refractivity contribution in [3.05, 3.63) is 62.9 Å². The van der Waals surface area contributed by atoms with E-state index < -0.39 is 66.5 Å². The molecule has 0 aliphatic carbocycles. The molecule has 1 aliphatic rings. The number of para-hydroxylation sites is 1. The van der Waals surface area contributed by atoms with Gasteiger partial charge in [-0.2, -0.15) is 5.09 Å². The number of aromatic nitrogens is 2. The van der Waals surface area contributed by atoms with Gasteiger partial charge in [-0.05, 0) is 39.8 Å². The highest BCUT2D eigenvalue weighted by atomic mass is 35.5. The topological polar surface area (TPSA) is 158 Å². The zero-order valence-corrected chi connectivity index (χ0v) is 22.8. The Hall–Kier alpha value is -2.18. The van der Waals surface area contributed by atoms with E-state index in [1.807, 2.05) is 0 Å². The van der Waals surface area contributed by atoms with Gasteiger partial charge in [0.15, 0.2) is 10.6 Å². The first-order valence-corrected chi connectivity index (χ1v) is 13.5. The van der Waals surface area contributed by atoms with Crippen LogP contribution in [0.2, 0.25) is 0 Å². The number of aromatic amines is 1. The number of carbonyl (C=O) groups is 1. The molecule has 37 heavy (non-hydrogen) atoms. The maximum Gasteiger partial charge on any atom is 0.459 e. The van der Waals surface area contributed by atoms with Gasteiger partial charge in [0, 0.05) is 11.8 Å². The average molecular weight is 580 g/mol. The summed E-state index contributed by atoms with van der Waals surface area (Å²) in [7, 11) is -4.28. The molecule has 1 aliphatic heterocycles. The van der Waals surface area contributed by atoms with Gasteiger partial charge in [-0.3, -0.25) is 23.7 Å². The second-order valence-electron chi connectivity index (χ2n) is 8.66. The molecule has 1 saturated heterocycles. The number of hydrogen-bond donors (Lipinski definition) is 3. The number of aryl methyl sites for hydroxylation is 1. The summed E-state index contributed by atoms with van der Waals surface area (Å²) in [6.07, 6.45) is -3.55. The molecule has 12 nitrogen and oxygen atoms in total.